The van der Waals surface area contributed by atoms with E-state index in [1.54, 1.807) is 0 Å². The Morgan fingerprint density at radius 2 is 1.10 bits per heavy atom. The number of hydrogen-bond acceptors (Lipinski definition) is 11. The Hall–Kier alpha value is 2.45. The summed E-state index contributed by atoms with van der Waals surface area (Å²) >= 11 is 0. The third-order valence-corrected chi connectivity index (χ3v) is 2.74. The zero-order valence-corrected chi connectivity index (χ0v) is 24.4. The summed E-state index contributed by atoms with van der Waals surface area (Å²) in [6.45, 7) is -2.55. The third kappa shape index (κ3) is 43.0. The number of phosphoric ester groups is 2. The predicted octanol–water partition coefficient (Wildman–Crippen LogP) is -20.6. The van der Waals surface area contributed by atoms with Crippen LogP contribution < -0.4 is 103 Å². The maximum atomic E-state index is 11.1. The molecule has 0 spiro atoms. The van der Waals surface area contributed by atoms with Crippen molar-refractivity contribution in [1.29, 1.82) is 0 Å². The second-order valence-electron chi connectivity index (χ2n) is 3.45. The fraction of sp³-hybridized carbons (Fsp3) is 0.833. The summed E-state index contributed by atoms with van der Waals surface area (Å²) in [5.74, 6) is -1.46. The minimum Gasteiger partial charge on any atom is -0.790 e. The van der Waals surface area contributed by atoms with E-state index in [4.69, 9.17) is 10.00 Å². The van der Waals surface area contributed by atoms with Gasteiger partial charge in [-0.3, -0.25) is 9.36 Å². The number of hydrogen-bond donors (Lipinski definition) is 4. The second-order valence-corrected chi connectivity index (χ2v) is 5.80. The van der Waals surface area contributed by atoms with Crippen LogP contribution in [-0.2, 0) is 23.0 Å². The molecule has 0 aromatic rings. The largest absolute Gasteiger partial charge is 1.00 e. The van der Waals surface area contributed by atoms with Crippen LogP contribution >= 0.6 is 15.6 Å². The van der Waals surface area contributed by atoms with E-state index in [0.717, 1.165) is 0 Å². The van der Waals surface area contributed by atoms with Crippen molar-refractivity contribution in [1.82, 2.24) is 0 Å². The van der Waals surface area contributed by atoms with Gasteiger partial charge in [0.15, 0.2) is 5.78 Å². The topological polar surface area (TPSA) is 472 Å². The standard InChI is InChI=1S/C6H14O12P2.3Na.8H2O/c7-3(1-17-19(11,12)13)5(9)6(10)4(8)2-18-20(14,15)16;;;;;;;;;;;/h3,5-7,9-10H,1-2H2,(H2,11,12,13)(H2,14,15,16);;;;8*1H2/q;3*+1;;;;;;;;/p-3. The van der Waals surface area contributed by atoms with Gasteiger partial charge in [0.1, 0.15) is 24.9 Å². The second kappa shape index (κ2) is 34.6. The Bertz CT molecular complexity index is 429. The van der Waals surface area contributed by atoms with Crippen molar-refractivity contribution < 1.29 is 190 Å². The van der Waals surface area contributed by atoms with E-state index in [-0.39, 0.29) is 132 Å². The van der Waals surface area contributed by atoms with Crippen LogP contribution in [0.2, 0.25) is 0 Å². The van der Waals surface area contributed by atoms with Gasteiger partial charge in [0, 0.05) is 0 Å². The van der Waals surface area contributed by atoms with Gasteiger partial charge in [-0.15, -0.1) is 0 Å². The first-order chi connectivity index (χ1) is 8.83. The SMILES string of the molecule is O.O.O.O.O.O.O.O.O=C(COP(=O)([O-])[O-])C(O)C(O)C(O)COP(=O)([O-])O.[Na+].[Na+].[Na+]. The van der Waals surface area contributed by atoms with Crippen LogP contribution in [0.25, 0.3) is 0 Å². The van der Waals surface area contributed by atoms with E-state index < -0.39 is 53.0 Å². The van der Waals surface area contributed by atoms with Crippen molar-refractivity contribution >= 4 is 21.4 Å². The monoisotopic (exact) mass is 550 g/mol. The molecule has 0 aliphatic rings. The van der Waals surface area contributed by atoms with E-state index in [1.807, 2.05) is 0 Å². The molecule has 4 unspecified atom stereocenters. The average Bonchev–Trinajstić information content (AvgIpc) is 2.29. The number of aliphatic hydroxyl groups is 3. The average molecular weight is 550 g/mol. The molecule has 31 heavy (non-hydrogen) atoms. The molecule has 0 fully saturated rings. The van der Waals surface area contributed by atoms with Crippen molar-refractivity contribution in [3.63, 3.8) is 0 Å². The van der Waals surface area contributed by atoms with Gasteiger partial charge in [-0.1, -0.05) is 0 Å². The quantitative estimate of drug-likeness (QED) is 0.153. The molecule has 0 saturated carbocycles. The van der Waals surface area contributed by atoms with E-state index in [0.29, 0.717) is 0 Å². The number of carbonyl (C=O) groups excluding carboxylic acids is 1. The summed E-state index contributed by atoms with van der Waals surface area (Å²) in [5, 5.41) is 27.6. The van der Waals surface area contributed by atoms with E-state index in [1.165, 1.54) is 0 Å². The smallest absolute Gasteiger partial charge is 0.790 e. The molecule has 0 aromatic heterocycles. The molecule has 0 aliphatic carbocycles. The van der Waals surface area contributed by atoms with Crippen LogP contribution in [-0.4, -0.2) is 101 Å². The molecule has 0 rings (SSSR count). The summed E-state index contributed by atoms with van der Waals surface area (Å²) in [7, 11) is -10.6. The van der Waals surface area contributed by atoms with E-state index in [2.05, 4.69) is 9.05 Å². The Kier molecular flexibility index (Phi) is 85.5. The molecule has 0 aromatic carbocycles. The van der Waals surface area contributed by atoms with Crippen molar-refractivity contribution in [2.24, 2.45) is 0 Å². The summed E-state index contributed by atoms with van der Waals surface area (Å²) in [6.07, 6.45) is -6.74. The van der Waals surface area contributed by atoms with E-state index >= 15 is 0 Å². The first kappa shape index (κ1) is 76.6. The summed E-state index contributed by atoms with van der Waals surface area (Å²) in [5.41, 5.74) is 0. The fourth-order valence-corrected chi connectivity index (χ4v) is 1.52. The van der Waals surface area contributed by atoms with E-state index in [9.17, 15) is 38.8 Å². The first-order valence-corrected chi connectivity index (χ1v) is 7.71. The molecule has 0 bridgehead atoms. The summed E-state index contributed by atoms with van der Waals surface area (Å²) < 4.78 is 27.5. The van der Waals surface area contributed by atoms with Crippen molar-refractivity contribution in [2.75, 3.05) is 13.2 Å². The van der Waals surface area contributed by atoms with Crippen molar-refractivity contribution in [3.05, 3.63) is 0 Å². The zero-order valence-electron chi connectivity index (χ0n) is 16.6. The molecule has 0 heterocycles. The zero-order chi connectivity index (χ0) is 16.1. The van der Waals surface area contributed by atoms with Crippen LogP contribution in [0.15, 0.2) is 0 Å². The fourth-order valence-electron chi connectivity index (χ4n) is 0.898. The van der Waals surface area contributed by atoms with Gasteiger partial charge in [0.25, 0.3) is 7.82 Å². The summed E-state index contributed by atoms with van der Waals surface area (Å²) in [6, 6.07) is 0. The van der Waals surface area contributed by atoms with Crippen LogP contribution in [0, 0.1) is 0 Å². The maximum absolute atomic E-state index is 11.1. The van der Waals surface area contributed by atoms with Gasteiger partial charge in [0.05, 0.1) is 14.4 Å². The van der Waals surface area contributed by atoms with Crippen LogP contribution in [0.4, 0.5) is 0 Å². The van der Waals surface area contributed by atoms with Crippen LogP contribution in [0.5, 0.6) is 0 Å². The van der Waals surface area contributed by atoms with Gasteiger partial charge in [0.2, 0.25) is 0 Å². The molecule has 0 radical (unpaired) electrons. The Morgan fingerprint density at radius 1 is 0.774 bits per heavy atom. The van der Waals surface area contributed by atoms with Crippen LogP contribution in [0.1, 0.15) is 0 Å². The minimum absolute atomic E-state index is 0. The van der Waals surface area contributed by atoms with Crippen LogP contribution in [0.3, 0.4) is 0 Å². The molecule has 20 N–H and O–H groups in total. The number of ketones is 1. The van der Waals surface area contributed by atoms with Crippen molar-refractivity contribution in [2.45, 2.75) is 18.3 Å². The summed E-state index contributed by atoms with van der Waals surface area (Å²) in [4.78, 5) is 49.6. The molecule has 184 valence electrons. The number of rotatable bonds is 9. The molecule has 0 amide bonds. The normalized spacial score (nSPS) is 12.9. The van der Waals surface area contributed by atoms with Crippen molar-refractivity contribution in [3.8, 4) is 0 Å². The molecule has 25 heteroatoms. The first-order valence-electron chi connectivity index (χ1n) is 4.75. The van der Waals surface area contributed by atoms with Gasteiger partial charge in [-0.25, -0.2) is 0 Å². The number of carbonyl (C=O) groups is 1. The molecule has 4 atom stereocenters. The minimum atomic E-state index is -5.46. The Labute approximate surface area is 241 Å². The maximum Gasteiger partial charge on any atom is 1.00 e. The van der Waals surface area contributed by atoms with Gasteiger partial charge < -0.3 is 92.3 Å². The van der Waals surface area contributed by atoms with Gasteiger partial charge in [-0.2, -0.15) is 0 Å². The third-order valence-electron chi connectivity index (χ3n) is 1.82. The number of Topliss-reactive ketones (excluding diaryl/α,β-unsaturated/α-hetero) is 1. The number of phosphoric acid groups is 2. The molecule has 20 nitrogen and oxygen atoms in total. The predicted molar refractivity (Wildman–Crippen MR) is 81.3 cm³/mol. The molecular formula is C6H27Na3O20P2. The molecule has 0 aliphatic heterocycles. The van der Waals surface area contributed by atoms with Gasteiger partial charge >= 0.3 is 88.7 Å². The Balaban J connectivity index is -0.0000000328. The van der Waals surface area contributed by atoms with Gasteiger partial charge in [-0.05, 0) is 0 Å². The molecular weight excluding hydrogens is 523 g/mol. The molecule has 0 saturated heterocycles. The Morgan fingerprint density at radius 3 is 1.35 bits per heavy atom. The number of aliphatic hydroxyl groups excluding tert-OH is 3.